The number of carbonyl (C=O) groups is 2. The van der Waals surface area contributed by atoms with Gasteiger partial charge in [-0.05, 0) is 44.4 Å². The van der Waals surface area contributed by atoms with Gasteiger partial charge in [-0.2, -0.15) is 0 Å². The van der Waals surface area contributed by atoms with Crippen LogP contribution in [0.4, 0.5) is 10.6 Å². The lowest BCUT2D eigenvalue weighted by atomic mass is 10.1. The number of amides is 1. The van der Waals surface area contributed by atoms with Crippen LogP contribution in [0.1, 0.15) is 31.1 Å². The molecular weight excluding hydrogens is 318 g/mol. The number of hydrogen-bond acceptors (Lipinski definition) is 5. The van der Waals surface area contributed by atoms with Gasteiger partial charge in [0.25, 0.3) is 0 Å². The number of anilines is 1. The quantitative estimate of drug-likeness (QED) is 0.840. The zero-order chi connectivity index (χ0) is 17.2. The lowest BCUT2D eigenvalue weighted by Gasteiger charge is -2.19. The second-order valence-corrected chi connectivity index (χ2v) is 6.47. The standard InChI is InChI=1S/C16H18ClN3O3/c1-16(2,3)23-15(22)20-8-13(21)10-4-9-6-14(18)19-7-11(9)12(17)5-10/h4-7H,8H2,1-3H3,(H2,18,19)(H,20,22). The van der Waals surface area contributed by atoms with E-state index in [1.54, 1.807) is 45.2 Å². The molecule has 1 aromatic heterocycles. The monoisotopic (exact) mass is 335 g/mol. The van der Waals surface area contributed by atoms with Crippen molar-refractivity contribution in [1.82, 2.24) is 10.3 Å². The molecule has 1 heterocycles. The van der Waals surface area contributed by atoms with E-state index in [1.165, 1.54) is 0 Å². The molecule has 0 bridgehead atoms. The predicted molar refractivity (Wildman–Crippen MR) is 89.7 cm³/mol. The third kappa shape index (κ3) is 4.56. The van der Waals surface area contributed by atoms with E-state index in [0.29, 0.717) is 27.2 Å². The lowest BCUT2D eigenvalue weighted by molar-refractivity contribution is 0.0520. The molecule has 0 aliphatic carbocycles. The maximum absolute atomic E-state index is 12.2. The highest BCUT2D eigenvalue weighted by Gasteiger charge is 2.17. The molecule has 7 heteroatoms. The summed E-state index contributed by atoms with van der Waals surface area (Å²) in [5, 5.41) is 4.24. The topological polar surface area (TPSA) is 94.3 Å². The van der Waals surface area contributed by atoms with Crippen molar-refractivity contribution >= 4 is 40.1 Å². The summed E-state index contributed by atoms with van der Waals surface area (Å²) in [6, 6.07) is 4.85. The van der Waals surface area contributed by atoms with Crippen LogP contribution in [0.3, 0.4) is 0 Å². The van der Waals surface area contributed by atoms with Crippen molar-refractivity contribution in [2.75, 3.05) is 12.3 Å². The fourth-order valence-corrected chi connectivity index (χ4v) is 2.24. The van der Waals surface area contributed by atoms with Crippen molar-refractivity contribution < 1.29 is 14.3 Å². The largest absolute Gasteiger partial charge is 0.444 e. The summed E-state index contributed by atoms with van der Waals surface area (Å²) in [5.41, 5.74) is 5.40. The normalized spacial score (nSPS) is 11.3. The zero-order valence-corrected chi connectivity index (χ0v) is 13.9. The number of nitrogens with two attached hydrogens (primary N) is 1. The van der Waals surface area contributed by atoms with E-state index in [9.17, 15) is 9.59 Å². The predicted octanol–water partition coefficient (Wildman–Crippen LogP) is 3.18. The van der Waals surface area contributed by atoms with Crippen LogP contribution in [0.15, 0.2) is 24.4 Å². The molecule has 0 fully saturated rings. The number of alkyl carbamates (subject to hydrolysis) is 1. The Morgan fingerprint density at radius 1 is 1.30 bits per heavy atom. The van der Waals surface area contributed by atoms with Gasteiger partial charge in [-0.1, -0.05) is 11.6 Å². The van der Waals surface area contributed by atoms with Crippen molar-refractivity contribution in [3.05, 3.63) is 35.0 Å². The molecule has 23 heavy (non-hydrogen) atoms. The van der Waals surface area contributed by atoms with Crippen LogP contribution in [-0.2, 0) is 4.74 Å². The van der Waals surface area contributed by atoms with E-state index < -0.39 is 11.7 Å². The zero-order valence-electron chi connectivity index (χ0n) is 13.1. The number of benzene rings is 1. The minimum absolute atomic E-state index is 0.183. The van der Waals surface area contributed by atoms with Crippen LogP contribution in [0, 0.1) is 0 Å². The fraction of sp³-hybridized carbons (Fsp3) is 0.312. The molecule has 6 nitrogen and oxygen atoms in total. The SMILES string of the molecule is CC(C)(C)OC(=O)NCC(=O)c1cc(Cl)c2cnc(N)cc2c1. The first kappa shape index (κ1) is 17.0. The van der Waals surface area contributed by atoms with Crippen LogP contribution in [0.2, 0.25) is 5.02 Å². The maximum atomic E-state index is 12.2. The average Bonchev–Trinajstić information content (AvgIpc) is 2.42. The molecule has 0 aliphatic heterocycles. The summed E-state index contributed by atoms with van der Waals surface area (Å²) in [6.45, 7) is 5.05. The summed E-state index contributed by atoms with van der Waals surface area (Å²) >= 11 is 6.16. The van der Waals surface area contributed by atoms with Gasteiger partial charge in [-0.25, -0.2) is 9.78 Å². The van der Waals surface area contributed by atoms with E-state index in [-0.39, 0.29) is 12.3 Å². The van der Waals surface area contributed by atoms with Crippen molar-refractivity contribution in [2.24, 2.45) is 0 Å². The van der Waals surface area contributed by atoms with Crippen LogP contribution < -0.4 is 11.1 Å². The number of pyridine rings is 1. The van der Waals surface area contributed by atoms with Crippen molar-refractivity contribution in [3.8, 4) is 0 Å². The molecule has 2 aromatic rings. The number of halogens is 1. The molecule has 0 aliphatic rings. The summed E-state index contributed by atoms with van der Waals surface area (Å²) in [4.78, 5) is 27.8. The van der Waals surface area contributed by atoms with Gasteiger partial charge in [0.05, 0.1) is 11.6 Å². The van der Waals surface area contributed by atoms with E-state index in [2.05, 4.69) is 10.3 Å². The fourth-order valence-electron chi connectivity index (χ4n) is 1.96. The molecule has 0 unspecified atom stereocenters. The molecule has 0 spiro atoms. The Morgan fingerprint density at radius 2 is 2.00 bits per heavy atom. The number of Topliss-reactive ketones (excluding diaryl/α,β-unsaturated/α-hetero) is 1. The van der Waals surface area contributed by atoms with Crippen molar-refractivity contribution in [3.63, 3.8) is 0 Å². The maximum Gasteiger partial charge on any atom is 0.408 e. The highest BCUT2D eigenvalue weighted by atomic mass is 35.5. The number of rotatable bonds is 3. The number of ether oxygens (including phenoxy) is 1. The van der Waals surface area contributed by atoms with Gasteiger partial charge >= 0.3 is 6.09 Å². The van der Waals surface area contributed by atoms with Crippen LogP contribution in [0.25, 0.3) is 10.8 Å². The first-order valence-electron chi connectivity index (χ1n) is 7.00. The second-order valence-electron chi connectivity index (χ2n) is 6.07. The molecule has 3 N–H and O–H groups in total. The van der Waals surface area contributed by atoms with Crippen molar-refractivity contribution in [2.45, 2.75) is 26.4 Å². The summed E-state index contributed by atoms with van der Waals surface area (Å²) in [7, 11) is 0. The van der Waals surface area contributed by atoms with Crippen molar-refractivity contribution in [1.29, 1.82) is 0 Å². The smallest absolute Gasteiger partial charge is 0.408 e. The first-order chi connectivity index (χ1) is 10.7. The summed E-state index contributed by atoms with van der Waals surface area (Å²) in [6.07, 6.45) is 0.909. The highest BCUT2D eigenvalue weighted by molar-refractivity contribution is 6.36. The third-order valence-corrected chi connectivity index (χ3v) is 3.23. The molecule has 1 amide bonds. The molecular formula is C16H18ClN3O3. The van der Waals surface area contributed by atoms with Gasteiger partial charge in [0.2, 0.25) is 0 Å². The highest BCUT2D eigenvalue weighted by Crippen LogP contribution is 2.26. The van der Waals surface area contributed by atoms with Crippen LogP contribution >= 0.6 is 11.6 Å². The number of nitrogen functional groups attached to an aromatic ring is 1. The van der Waals surface area contributed by atoms with Gasteiger partial charge in [-0.3, -0.25) is 4.79 Å². The summed E-state index contributed by atoms with van der Waals surface area (Å²) < 4.78 is 5.08. The Kier molecular flexibility index (Phi) is 4.75. The van der Waals surface area contributed by atoms with E-state index >= 15 is 0 Å². The number of fused-ring (bicyclic) bond motifs is 1. The number of carbonyl (C=O) groups excluding carboxylic acids is 2. The van der Waals surface area contributed by atoms with E-state index in [0.717, 1.165) is 0 Å². The summed E-state index contributed by atoms with van der Waals surface area (Å²) in [5.74, 6) is 0.0556. The Hall–Kier alpha value is -2.34. The molecule has 0 saturated heterocycles. The second kappa shape index (κ2) is 6.42. The van der Waals surface area contributed by atoms with Gasteiger partial charge < -0.3 is 15.8 Å². The Balaban J connectivity index is 2.14. The molecule has 122 valence electrons. The first-order valence-corrected chi connectivity index (χ1v) is 7.38. The van der Waals surface area contributed by atoms with Gasteiger partial charge in [0.15, 0.2) is 5.78 Å². The molecule has 0 saturated carbocycles. The minimum atomic E-state index is -0.647. The van der Waals surface area contributed by atoms with E-state index in [4.69, 9.17) is 22.1 Å². The lowest BCUT2D eigenvalue weighted by Crippen LogP contribution is -2.35. The number of ketones is 1. The Labute approximate surface area is 139 Å². The molecule has 0 radical (unpaired) electrons. The number of nitrogens with one attached hydrogen (secondary N) is 1. The molecule has 0 atom stereocenters. The Morgan fingerprint density at radius 3 is 2.65 bits per heavy atom. The van der Waals surface area contributed by atoms with Gasteiger partial charge in [0, 0.05) is 17.1 Å². The van der Waals surface area contributed by atoms with E-state index in [1.807, 2.05) is 0 Å². The number of aromatic nitrogens is 1. The van der Waals surface area contributed by atoms with Gasteiger partial charge in [0.1, 0.15) is 11.4 Å². The number of nitrogens with zero attached hydrogens (tertiary/aromatic N) is 1. The van der Waals surface area contributed by atoms with Crippen LogP contribution in [-0.4, -0.2) is 29.0 Å². The number of hydrogen-bond donors (Lipinski definition) is 2. The molecule has 1 aromatic carbocycles. The average molecular weight is 336 g/mol. The minimum Gasteiger partial charge on any atom is -0.444 e. The Bertz CT molecular complexity index is 769. The third-order valence-electron chi connectivity index (χ3n) is 2.92. The van der Waals surface area contributed by atoms with Crippen LogP contribution in [0.5, 0.6) is 0 Å². The van der Waals surface area contributed by atoms with Gasteiger partial charge in [-0.15, -0.1) is 0 Å². The molecule has 2 rings (SSSR count).